The smallest absolute Gasteiger partial charge is 0.419 e. The van der Waals surface area contributed by atoms with Crippen LogP contribution < -0.4 is 15.0 Å². The molecule has 1 aliphatic rings. The van der Waals surface area contributed by atoms with E-state index in [0.717, 1.165) is 35.8 Å². The Morgan fingerprint density at radius 3 is 2.26 bits per heavy atom. The van der Waals surface area contributed by atoms with Crippen LogP contribution in [0.2, 0.25) is 0 Å². The number of hydrogen-bond acceptors (Lipinski definition) is 11. The number of anilines is 2. The van der Waals surface area contributed by atoms with E-state index in [4.69, 9.17) is 4.74 Å². The summed E-state index contributed by atoms with van der Waals surface area (Å²) in [7, 11) is -2.23. The summed E-state index contributed by atoms with van der Waals surface area (Å²) in [6, 6.07) is 4.70. The largest absolute Gasteiger partial charge is 0.467 e. The van der Waals surface area contributed by atoms with Crippen LogP contribution >= 0.6 is 0 Å². The molecule has 5 rings (SSSR count). The van der Waals surface area contributed by atoms with Crippen LogP contribution in [0.3, 0.4) is 0 Å². The summed E-state index contributed by atoms with van der Waals surface area (Å²) in [5.74, 6) is 0.455. The highest BCUT2D eigenvalue weighted by atomic mass is 32.2. The normalized spacial score (nSPS) is 16.8. The quantitative estimate of drug-likeness (QED) is 0.231. The number of sulfone groups is 1. The first-order valence-corrected chi connectivity index (χ1v) is 16.8. The van der Waals surface area contributed by atoms with Gasteiger partial charge in [0, 0.05) is 78.6 Å². The van der Waals surface area contributed by atoms with Gasteiger partial charge in [-0.2, -0.15) is 13.2 Å². The van der Waals surface area contributed by atoms with Gasteiger partial charge >= 0.3 is 12.2 Å². The van der Waals surface area contributed by atoms with Crippen molar-refractivity contribution in [3.05, 3.63) is 60.9 Å². The van der Waals surface area contributed by atoms with Crippen LogP contribution in [0.5, 0.6) is 6.01 Å². The fourth-order valence-electron chi connectivity index (χ4n) is 5.41. The molecule has 12 nitrogen and oxygen atoms in total. The summed E-state index contributed by atoms with van der Waals surface area (Å²) in [6.07, 6.45) is 7.39. The van der Waals surface area contributed by atoms with Gasteiger partial charge in [-0.3, -0.25) is 14.7 Å². The molecule has 0 radical (unpaired) electrons. The zero-order valence-corrected chi connectivity index (χ0v) is 26.7. The van der Waals surface area contributed by atoms with E-state index in [0.29, 0.717) is 50.5 Å². The second-order valence-electron chi connectivity index (χ2n) is 11.2. The number of amides is 1. The molecular weight excluding hydrogens is 637 g/mol. The van der Waals surface area contributed by atoms with E-state index in [1.807, 2.05) is 13.0 Å². The van der Waals surface area contributed by atoms with E-state index in [9.17, 15) is 26.4 Å². The monoisotopic (exact) mass is 670 g/mol. The summed E-state index contributed by atoms with van der Waals surface area (Å²) in [6.45, 7) is 1.93. The zero-order chi connectivity index (χ0) is 33.8. The van der Waals surface area contributed by atoms with E-state index >= 15 is 0 Å². The topological polar surface area (TPSA) is 153 Å². The number of carbonyl (C=O) groups is 1. The molecule has 1 aliphatic carbocycles. The lowest BCUT2D eigenvalue weighted by Crippen LogP contribution is -2.44. The van der Waals surface area contributed by atoms with Crippen molar-refractivity contribution in [3.63, 3.8) is 0 Å². The van der Waals surface area contributed by atoms with Gasteiger partial charge in [-0.05, 0) is 50.3 Å². The molecule has 1 N–H and O–H groups in total. The van der Waals surface area contributed by atoms with Gasteiger partial charge in [0.25, 0.3) is 0 Å². The molecule has 1 saturated carbocycles. The molecule has 0 saturated heterocycles. The van der Waals surface area contributed by atoms with Gasteiger partial charge in [-0.25, -0.2) is 33.3 Å². The second kappa shape index (κ2) is 13.9. The minimum absolute atomic E-state index is 0.0279. The Morgan fingerprint density at radius 2 is 1.66 bits per heavy atom. The van der Waals surface area contributed by atoms with E-state index < -0.39 is 27.3 Å². The molecule has 4 heterocycles. The molecule has 0 spiro atoms. The van der Waals surface area contributed by atoms with Gasteiger partial charge in [0.1, 0.15) is 11.4 Å². The number of methoxy groups -OCH3 is 1. The first-order valence-electron chi connectivity index (χ1n) is 14.9. The molecule has 0 unspecified atom stereocenters. The molecule has 4 aromatic heterocycles. The van der Waals surface area contributed by atoms with E-state index in [1.165, 1.54) is 7.11 Å². The standard InChI is InChI=1S/C31H33F3N8O4S/c1-4-5-27(43)42(26-11-6-19(14-36-26)21-15-38-30(46-2)39-16-21)23-9-7-22(8-10-23)40-29-37-18-25(31(32,33)34)28(41-29)20-12-24(17-35-13-20)47(3,44)45/h6,11-18,22-23H,4-5,7-10H2,1-3H3,(H,37,40,41)/t22-,23-. The molecule has 4 aromatic rings. The van der Waals surface area contributed by atoms with Gasteiger partial charge in [0.15, 0.2) is 9.84 Å². The highest BCUT2D eigenvalue weighted by molar-refractivity contribution is 7.90. The van der Waals surface area contributed by atoms with Crippen LogP contribution in [0.1, 0.15) is 51.0 Å². The zero-order valence-electron chi connectivity index (χ0n) is 25.9. The van der Waals surface area contributed by atoms with Crippen LogP contribution in [0.25, 0.3) is 22.4 Å². The molecule has 16 heteroatoms. The van der Waals surface area contributed by atoms with Gasteiger partial charge in [-0.1, -0.05) is 6.92 Å². The number of halogens is 3. The first-order chi connectivity index (χ1) is 22.4. The Morgan fingerprint density at radius 1 is 0.957 bits per heavy atom. The summed E-state index contributed by atoms with van der Waals surface area (Å²) in [4.78, 5) is 39.6. The molecule has 248 valence electrons. The van der Waals surface area contributed by atoms with Crippen molar-refractivity contribution in [1.29, 1.82) is 0 Å². The molecule has 0 bridgehead atoms. The number of rotatable bonds is 10. The Kier molecular flexibility index (Phi) is 9.98. The maximum absolute atomic E-state index is 13.9. The fraction of sp³-hybridized carbons (Fsp3) is 0.387. The summed E-state index contributed by atoms with van der Waals surface area (Å²) in [5.41, 5.74) is -0.161. The molecular formula is C31H33F3N8O4S. The fourth-order valence-corrected chi connectivity index (χ4v) is 6.01. The van der Waals surface area contributed by atoms with E-state index in [2.05, 4.69) is 35.2 Å². The highest BCUT2D eigenvalue weighted by Crippen LogP contribution is 2.37. The van der Waals surface area contributed by atoms with Crippen LogP contribution in [-0.2, 0) is 20.8 Å². The maximum atomic E-state index is 13.9. The number of nitrogens with zero attached hydrogens (tertiary/aromatic N) is 7. The van der Waals surface area contributed by atoms with Crippen LogP contribution in [0, 0.1) is 0 Å². The third-order valence-electron chi connectivity index (χ3n) is 7.78. The number of carbonyl (C=O) groups excluding carboxylic acids is 1. The number of pyridine rings is 2. The molecule has 0 aromatic carbocycles. The van der Waals surface area contributed by atoms with Crippen molar-refractivity contribution < 1.29 is 31.1 Å². The maximum Gasteiger partial charge on any atom is 0.419 e. The Bertz CT molecular complexity index is 1820. The van der Waals surface area contributed by atoms with Crippen molar-refractivity contribution in [2.75, 3.05) is 23.6 Å². The van der Waals surface area contributed by atoms with Crippen LogP contribution in [0.15, 0.2) is 60.3 Å². The average Bonchev–Trinajstić information content (AvgIpc) is 3.05. The molecule has 0 atom stereocenters. The molecule has 0 aliphatic heterocycles. The van der Waals surface area contributed by atoms with E-state index in [-0.39, 0.29) is 40.4 Å². The van der Waals surface area contributed by atoms with Gasteiger partial charge < -0.3 is 10.1 Å². The average molecular weight is 671 g/mol. The number of ether oxygens (including phenoxy) is 1. The minimum atomic E-state index is -4.78. The number of hydrogen-bond donors (Lipinski definition) is 1. The lowest BCUT2D eigenvalue weighted by atomic mass is 9.90. The second-order valence-corrected chi connectivity index (χ2v) is 13.2. The van der Waals surface area contributed by atoms with Crippen molar-refractivity contribution in [3.8, 4) is 28.4 Å². The van der Waals surface area contributed by atoms with Crippen molar-refractivity contribution in [2.45, 2.75) is 68.6 Å². The first kappa shape index (κ1) is 33.6. The minimum Gasteiger partial charge on any atom is -0.467 e. The predicted octanol–water partition coefficient (Wildman–Crippen LogP) is 5.38. The van der Waals surface area contributed by atoms with Crippen molar-refractivity contribution >= 4 is 27.5 Å². The predicted molar refractivity (Wildman–Crippen MR) is 167 cm³/mol. The summed E-state index contributed by atoms with van der Waals surface area (Å²) < 4.78 is 70.7. The lowest BCUT2D eigenvalue weighted by Gasteiger charge is -2.36. The highest BCUT2D eigenvalue weighted by Gasteiger charge is 2.36. The Labute approximate surface area is 269 Å². The van der Waals surface area contributed by atoms with Crippen molar-refractivity contribution in [2.24, 2.45) is 0 Å². The number of nitrogens with one attached hydrogen (secondary N) is 1. The number of aromatic nitrogens is 6. The summed E-state index contributed by atoms with van der Waals surface area (Å²) >= 11 is 0. The van der Waals surface area contributed by atoms with Crippen LogP contribution in [0.4, 0.5) is 24.9 Å². The van der Waals surface area contributed by atoms with Gasteiger partial charge in [-0.15, -0.1) is 0 Å². The van der Waals surface area contributed by atoms with Crippen molar-refractivity contribution in [1.82, 2.24) is 29.9 Å². The van der Waals surface area contributed by atoms with Gasteiger partial charge in [0.05, 0.1) is 17.7 Å². The lowest BCUT2D eigenvalue weighted by molar-refractivity contribution is -0.137. The third-order valence-corrected chi connectivity index (χ3v) is 8.85. The SMILES string of the molecule is CCCC(=O)N(c1ccc(-c2cnc(OC)nc2)cn1)[C@H]1CC[C@H](Nc2ncc(C(F)(F)F)c(-c3cncc(S(C)(=O)=O)c3)n2)CC1. The van der Waals surface area contributed by atoms with Crippen LogP contribution in [-0.4, -0.2) is 69.7 Å². The molecule has 1 amide bonds. The Hall–Kier alpha value is -4.73. The molecule has 47 heavy (non-hydrogen) atoms. The summed E-state index contributed by atoms with van der Waals surface area (Å²) in [5, 5.41) is 3.13. The Balaban J connectivity index is 1.32. The molecule has 1 fully saturated rings. The number of alkyl halides is 3. The van der Waals surface area contributed by atoms with E-state index in [1.54, 1.807) is 29.6 Å². The third kappa shape index (κ3) is 7.99. The van der Waals surface area contributed by atoms with Gasteiger partial charge in [0.2, 0.25) is 11.9 Å².